The van der Waals surface area contributed by atoms with Crippen molar-refractivity contribution in [2.24, 2.45) is 0 Å². The summed E-state index contributed by atoms with van der Waals surface area (Å²) in [5, 5.41) is 1.11. The number of rotatable bonds is 5. The summed E-state index contributed by atoms with van der Waals surface area (Å²) in [6.45, 7) is 0.124. The fourth-order valence-corrected chi connectivity index (χ4v) is 2.37. The predicted octanol–water partition coefficient (Wildman–Crippen LogP) is 4.96. The van der Waals surface area contributed by atoms with Crippen molar-refractivity contribution in [2.45, 2.75) is 11.9 Å². The van der Waals surface area contributed by atoms with E-state index in [0.29, 0.717) is 21.7 Å². The van der Waals surface area contributed by atoms with Crippen molar-refractivity contribution in [3.63, 3.8) is 0 Å². The van der Waals surface area contributed by atoms with Crippen molar-refractivity contribution in [1.82, 2.24) is 0 Å². The van der Waals surface area contributed by atoms with Crippen LogP contribution in [0, 0.1) is 5.82 Å². The Morgan fingerprint density at radius 1 is 1.15 bits per heavy atom. The molecular weight excluding hydrogens is 347 g/mol. The van der Waals surface area contributed by atoms with Crippen LogP contribution < -0.4 is 9.47 Å². The zero-order valence-electron chi connectivity index (χ0n) is 10.8. The second kappa shape index (κ2) is 6.95. The Kier molecular flexibility index (Phi) is 5.26. The molecule has 0 atom stereocenters. The maximum Gasteiger partial charge on any atom is 0.129 e. The maximum absolute atomic E-state index is 13.6. The Hall–Kier alpha value is -1.26. The van der Waals surface area contributed by atoms with Gasteiger partial charge in [0.2, 0.25) is 0 Å². The third-order valence-corrected chi connectivity index (χ3v) is 3.64. The van der Waals surface area contributed by atoms with Crippen LogP contribution in [0.15, 0.2) is 36.4 Å². The molecule has 0 aromatic heterocycles. The number of ether oxygens (including phenoxy) is 2. The van der Waals surface area contributed by atoms with Crippen LogP contribution in [-0.4, -0.2) is 7.11 Å². The second-order valence-corrected chi connectivity index (χ2v) is 5.13. The van der Waals surface area contributed by atoms with Crippen molar-refractivity contribution in [3.8, 4) is 11.5 Å². The van der Waals surface area contributed by atoms with Gasteiger partial charge in [-0.3, -0.25) is 0 Å². The second-order valence-electron chi connectivity index (χ2n) is 4.13. The van der Waals surface area contributed by atoms with Gasteiger partial charge in [-0.1, -0.05) is 27.5 Å². The molecule has 2 aromatic carbocycles. The normalized spacial score (nSPS) is 10.4. The molecule has 0 aliphatic carbocycles. The van der Waals surface area contributed by atoms with Gasteiger partial charge in [0, 0.05) is 21.5 Å². The first-order valence-electron chi connectivity index (χ1n) is 5.93. The zero-order valence-corrected chi connectivity index (χ0v) is 13.2. The number of hydrogen-bond acceptors (Lipinski definition) is 2. The summed E-state index contributed by atoms with van der Waals surface area (Å²) in [5.41, 5.74) is 1.36. The Morgan fingerprint density at radius 3 is 2.65 bits per heavy atom. The van der Waals surface area contributed by atoms with E-state index in [1.807, 2.05) is 6.07 Å². The highest BCUT2D eigenvalue weighted by Gasteiger charge is 2.08. The predicted molar refractivity (Wildman–Crippen MR) is 81.4 cm³/mol. The summed E-state index contributed by atoms with van der Waals surface area (Å²) in [6.07, 6.45) is 0. The minimum atomic E-state index is -0.330. The first-order chi connectivity index (χ1) is 9.63. The molecule has 0 saturated carbocycles. The lowest BCUT2D eigenvalue weighted by Crippen LogP contribution is -2.00. The Labute approximate surface area is 130 Å². The van der Waals surface area contributed by atoms with Gasteiger partial charge in [-0.2, -0.15) is 0 Å². The van der Waals surface area contributed by atoms with Crippen LogP contribution in [0.1, 0.15) is 11.1 Å². The van der Waals surface area contributed by atoms with Crippen LogP contribution in [0.5, 0.6) is 11.5 Å². The fraction of sp³-hybridized carbons (Fsp3) is 0.200. The summed E-state index contributed by atoms with van der Waals surface area (Å²) >= 11 is 9.24. The number of hydrogen-bond donors (Lipinski definition) is 0. The molecule has 0 spiro atoms. The summed E-state index contributed by atoms with van der Waals surface area (Å²) < 4.78 is 24.4. The van der Waals surface area contributed by atoms with E-state index in [1.54, 1.807) is 25.3 Å². The topological polar surface area (TPSA) is 18.5 Å². The van der Waals surface area contributed by atoms with Gasteiger partial charge in [0.15, 0.2) is 0 Å². The summed E-state index contributed by atoms with van der Waals surface area (Å²) in [4.78, 5) is 0. The molecule has 2 nitrogen and oxygen atoms in total. The quantitative estimate of drug-likeness (QED) is 0.702. The first kappa shape index (κ1) is 15.1. The van der Waals surface area contributed by atoms with Gasteiger partial charge in [0.25, 0.3) is 0 Å². The monoisotopic (exact) mass is 358 g/mol. The van der Waals surface area contributed by atoms with Crippen molar-refractivity contribution < 1.29 is 13.9 Å². The average Bonchev–Trinajstić information content (AvgIpc) is 2.48. The molecule has 0 unspecified atom stereocenters. The smallest absolute Gasteiger partial charge is 0.129 e. The van der Waals surface area contributed by atoms with Gasteiger partial charge in [0.05, 0.1) is 7.11 Å². The molecule has 0 fully saturated rings. The average molecular weight is 360 g/mol. The van der Waals surface area contributed by atoms with E-state index in [1.165, 1.54) is 12.1 Å². The van der Waals surface area contributed by atoms with Gasteiger partial charge in [-0.15, -0.1) is 0 Å². The highest BCUT2D eigenvalue weighted by molar-refractivity contribution is 9.08. The van der Waals surface area contributed by atoms with Crippen LogP contribution in [0.2, 0.25) is 5.02 Å². The van der Waals surface area contributed by atoms with E-state index in [-0.39, 0.29) is 12.4 Å². The lowest BCUT2D eigenvalue weighted by atomic mass is 10.2. The lowest BCUT2D eigenvalue weighted by Gasteiger charge is -2.12. The van der Waals surface area contributed by atoms with Gasteiger partial charge < -0.3 is 9.47 Å². The van der Waals surface area contributed by atoms with Crippen LogP contribution >= 0.6 is 27.5 Å². The summed E-state index contributed by atoms with van der Waals surface area (Å²) in [5.74, 6) is 1.10. The van der Waals surface area contributed by atoms with E-state index >= 15 is 0 Å². The minimum Gasteiger partial charge on any atom is -0.497 e. The molecule has 0 N–H and O–H groups in total. The highest BCUT2D eigenvalue weighted by atomic mass is 79.9. The van der Waals surface area contributed by atoms with E-state index in [0.717, 1.165) is 11.3 Å². The molecule has 20 heavy (non-hydrogen) atoms. The molecule has 106 valence electrons. The molecule has 2 rings (SSSR count). The largest absolute Gasteiger partial charge is 0.497 e. The van der Waals surface area contributed by atoms with Crippen LogP contribution in [0.25, 0.3) is 0 Å². The summed E-state index contributed by atoms with van der Waals surface area (Å²) in [7, 11) is 1.61. The Morgan fingerprint density at radius 2 is 1.95 bits per heavy atom. The van der Waals surface area contributed by atoms with E-state index in [9.17, 15) is 4.39 Å². The van der Waals surface area contributed by atoms with Crippen LogP contribution in [-0.2, 0) is 11.9 Å². The van der Waals surface area contributed by atoms with E-state index in [4.69, 9.17) is 21.1 Å². The molecule has 0 amide bonds. The minimum absolute atomic E-state index is 0.124. The molecule has 2 aromatic rings. The van der Waals surface area contributed by atoms with Crippen LogP contribution in [0.4, 0.5) is 4.39 Å². The SMILES string of the molecule is COc1ccc(OCc2cc(Cl)ccc2F)c(CBr)c1. The standard InChI is InChI=1S/C15H13BrClFO2/c1-19-13-3-5-15(10(7-13)8-16)20-9-11-6-12(17)2-4-14(11)18/h2-7H,8-9H2,1H3. The number of benzene rings is 2. The number of alkyl halides is 1. The third-order valence-electron chi connectivity index (χ3n) is 2.80. The van der Waals surface area contributed by atoms with Gasteiger partial charge >= 0.3 is 0 Å². The molecule has 0 radical (unpaired) electrons. The Bertz CT molecular complexity index is 604. The fourth-order valence-electron chi connectivity index (χ4n) is 1.74. The van der Waals surface area contributed by atoms with Crippen molar-refractivity contribution in [2.75, 3.05) is 7.11 Å². The lowest BCUT2D eigenvalue weighted by molar-refractivity contribution is 0.297. The molecule has 0 saturated heterocycles. The van der Waals surface area contributed by atoms with Gasteiger partial charge in [-0.25, -0.2) is 4.39 Å². The zero-order chi connectivity index (χ0) is 14.5. The van der Waals surface area contributed by atoms with E-state index < -0.39 is 0 Å². The van der Waals surface area contributed by atoms with Crippen molar-refractivity contribution in [1.29, 1.82) is 0 Å². The molecule has 5 heteroatoms. The first-order valence-corrected chi connectivity index (χ1v) is 7.43. The van der Waals surface area contributed by atoms with Gasteiger partial charge in [0.1, 0.15) is 23.9 Å². The highest BCUT2D eigenvalue weighted by Crippen LogP contribution is 2.27. The summed E-state index contributed by atoms with van der Waals surface area (Å²) in [6, 6.07) is 9.89. The molecule has 0 aliphatic rings. The molecular formula is C15H13BrClFO2. The number of halogens is 3. The number of methoxy groups -OCH3 is 1. The molecule has 0 bridgehead atoms. The van der Waals surface area contributed by atoms with E-state index in [2.05, 4.69) is 15.9 Å². The molecule has 0 aliphatic heterocycles. The molecule has 0 heterocycles. The van der Waals surface area contributed by atoms with Crippen molar-refractivity contribution in [3.05, 3.63) is 58.4 Å². The maximum atomic E-state index is 13.6. The van der Waals surface area contributed by atoms with Gasteiger partial charge in [-0.05, 0) is 36.4 Å². The Balaban J connectivity index is 2.16. The van der Waals surface area contributed by atoms with Crippen LogP contribution in [0.3, 0.4) is 0 Å². The van der Waals surface area contributed by atoms with Crippen molar-refractivity contribution >= 4 is 27.5 Å². The third kappa shape index (κ3) is 3.64.